The van der Waals surface area contributed by atoms with Crippen molar-refractivity contribution in [2.45, 2.75) is 25.9 Å². The summed E-state index contributed by atoms with van der Waals surface area (Å²) in [6.45, 7) is 2.84. The van der Waals surface area contributed by atoms with Crippen LogP contribution in [0.1, 0.15) is 18.1 Å². The lowest BCUT2D eigenvalue weighted by Crippen LogP contribution is -2.39. The maximum Gasteiger partial charge on any atom is 0.162 e. The van der Waals surface area contributed by atoms with Crippen molar-refractivity contribution >= 4 is 16.7 Å². The van der Waals surface area contributed by atoms with Crippen LogP contribution in [0.15, 0.2) is 30.6 Å². The molecule has 0 fully saturated rings. The third-order valence-corrected chi connectivity index (χ3v) is 5.28. The zero-order valence-corrected chi connectivity index (χ0v) is 16.4. The number of aromatic nitrogens is 2. The lowest BCUT2D eigenvalue weighted by Gasteiger charge is -2.36. The van der Waals surface area contributed by atoms with Gasteiger partial charge < -0.3 is 24.2 Å². The van der Waals surface area contributed by atoms with E-state index in [4.69, 9.17) is 14.2 Å². The zero-order chi connectivity index (χ0) is 19.8. The number of benzene rings is 2. The highest BCUT2D eigenvalue weighted by atomic mass is 16.5. The molecule has 3 aromatic rings. The first-order valence-electron chi connectivity index (χ1n) is 9.07. The quantitative estimate of drug-likeness (QED) is 0.743. The van der Waals surface area contributed by atoms with Crippen LogP contribution < -0.4 is 19.1 Å². The molecule has 4 rings (SSSR count). The number of phenols is 1. The highest BCUT2D eigenvalue weighted by molar-refractivity contribution is 5.92. The number of hydrogen-bond donors (Lipinski definition) is 1. The average Bonchev–Trinajstić information content (AvgIpc) is 2.71. The Bertz CT molecular complexity index is 1040. The Hall–Kier alpha value is -3.22. The van der Waals surface area contributed by atoms with Crippen LogP contribution in [0.4, 0.5) is 5.82 Å². The van der Waals surface area contributed by atoms with Crippen LogP contribution in [0.5, 0.6) is 23.0 Å². The molecule has 1 aliphatic heterocycles. The monoisotopic (exact) mass is 381 g/mol. The molecule has 7 nitrogen and oxygen atoms in total. The molecule has 0 spiro atoms. The minimum atomic E-state index is 0.0718. The van der Waals surface area contributed by atoms with E-state index in [0.29, 0.717) is 18.0 Å². The van der Waals surface area contributed by atoms with Crippen molar-refractivity contribution in [3.63, 3.8) is 0 Å². The van der Waals surface area contributed by atoms with Crippen molar-refractivity contribution in [1.29, 1.82) is 0 Å². The molecule has 146 valence electrons. The van der Waals surface area contributed by atoms with Crippen molar-refractivity contribution < 1.29 is 19.3 Å². The van der Waals surface area contributed by atoms with E-state index in [1.807, 2.05) is 6.07 Å². The molecule has 1 atom stereocenters. The van der Waals surface area contributed by atoms with Crippen LogP contribution in [0.25, 0.3) is 10.9 Å². The molecular weight excluding hydrogens is 358 g/mol. The fraction of sp³-hybridized carbons (Fsp3) is 0.333. The van der Waals surface area contributed by atoms with Crippen LogP contribution in [0.3, 0.4) is 0 Å². The highest BCUT2D eigenvalue weighted by Gasteiger charge is 2.27. The molecule has 2 aromatic carbocycles. The molecule has 1 N–H and O–H groups in total. The van der Waals surface area contributed by atoms with Gasteiger partial charge in [0.1, 0.15) is 12.1 Å². The Morgan fingerprint density at radius 2 is 1.61 bits per heavy atom. The molecule has 28 heavy (non-hydrogen) atoms. The standard InChI is InChI=1S/C21H23N3O4/c1-12-5-13-6-19(27-3)20(28-4)7-14(13)10-24(12)21-15-8-17(25)18(26-2)9-16(15)22-11-23-21/h6-9,11-12,25H,5,10H2,1-4H3. The van der Waals surface area contributed by atoms with Crippen molar-refractivity contribution in [3.05, 3.63) is 41.7 Å². The molecule has 0 saturated carbocycles. The molecule has 1 aliphatic rings. The number of fused-ring (bicyclic) bond motifs is 2. The van der Waals surface area contributed by atoms with Gasteiger partial charge in [-0.05, 0) is 42.7 Å². The van der Waals surface area contributed by atoms with Crippen LogP contribution in [-0.4, -0.2) is 42.4 Å². The SMILES string of the molecule is COc1cc2ncnc(N3Cc4cc(OC)c(OC)cc4CC3C)c2cc1O. The molecule has 0 radical (unpaired) electrons. The summed E-state index contributed by atoms with van der Waals surface area (Å²) in [5.74, 6) is 2.71. The first-order valence-corrected chi connectivity index (χ1v) is 9.07. The van der Waals surface area contributed by atoms with E-state index in [1.165, 1.54) is 18.2 Å². The molecular formula is C21H23N3O4. The van der Waals surface area contributed by atoms with Gasteiger partial charge in [-0.1, -0.05) is 0 Å². The van der Waals surface area contributed by atoms with Crippen LogP contribution >= 0.6 is 0 Å². The molecule has 0 bridgehead atoms. The first-order chi connectivity index (χ1) is 13.5. The van der Waals surface area contributed by atoms with E-state index in [1.54, 1.807) is 32.7 Å². The second-order valence-electron chi connectivity index (χ2n) is 6.90. The number of rotatable bonds is 4. The maximum absolute atomic E-state index is 10.3. The number of phenolic OH excluding ortho intramolecular Hbond substituents is 1. The van der Waals surface area contributed by atoms with E-state index in [-0.39, 0.29) is 11.8 Å². The summed E-state index contributed by atoms with van der Waals surface area (Å²) >= 11 is 0. The van der Waals surface area contributed by atoms with E-state index in [2.05, 4.69) is 27.9 Å². The number of hydrogen-bond acceptors (Lipinski definition) is 7. The van der Waals surface area contributed by atoms with Gasteiger partial charge in [0.25, 0.3) is 0 Å². The normalized spacial score (nSPS) is 16.0. The van der Waals surface area contributed by atoms with Crippen molar-refractivity contribution in [3.8, 4) is 23.0 Å². The summed E-state index contributed by atoms with van der Waals surface area (Å²) in [6.07, 6.45) is 2.40. The molecule has 0 saturated heterocycles. The Morgan fingerprint density at radius 1 is 0.929 bits per heavy atom. The van der Waals surface area contributed by atoms with Crippen LogP contribution in [0, 0.1) is 0 Å². The number of methoxy groups -OCH3 is 3. The van der Waals surface area contributed by atoms with E-state index in [9.17, 15) is 5.11 Å². The van der Waals surface area contributed by atoms with E-state index in [0.717, 1.165) is 28.9 Å². The smallest absolute Gasteiger partial charge is 0.162 e. The van der Waals surface area contributed by atoms with Crippen molar-refractivity contribution in [2.75, 3.05) is 26.2 Å². The Morgan fingerprint density at radius 3 is 2.29 bits per heavy atom. The second-order valence-corrected chi connectivity index (χ2v) is 6.90. The van der Waals surface area contributed by atoms with Crippen molar-refractivity contribution in [2.24, 2.45) is 0 Å². The molecule has 0 amide bonds. The minimum absolute atomic E-state index is 0.0718. The molecule has 1 unspecified atom stereocenters. The zero-order valence-electron chi connectivity index (χ0n) is 16.4. The fourth-order valence-corrected chi connectivity index (χ4v) is 3.80. The third-order valence-electron chi connectivity index (χ3n) is 5.28. The van der Waals surface area contributed by atoms with Gasteiger partial charge in [0.15, 0.2) is 23.0 Å². The number of anilines is 1. The van der Waals surface area contributed by atoms with Gasteiger partial charge in [0.05, 0.1) is 26.8 Å². The third kappa shape index (κ3) is 2.93. The number of ether oxygens (including phenoxy) is 3. The summed E-state index contributed by atoms with van der Waals surface area (Å²) in [7, 11) is 4.81. The maximum atomic E-state index is 10.3. The largest absolute Gasteiger partial charge is 0.504 e. The van der Waals surface area contributed by atoms with Gasteiger partial charge in [-0.15, -0.1) is 0 Å². The number of aromatic hydroxyl groups is 1. The summed E-state index contributed by atoms with van der Waals surface area (Å²) in [6, 6.07) is 7.69. The van der Waals surface area contributed by atoms with Crippen LogP contribution in [-0.2, 0) is 13.0 Å². The van der Waals surface area contributed by atoms with E-state index >= 15 is 0 Å². The fourth-order valence-electron chi connectivity index (χ4n) is 3.80. The van der Waals surface area contributed by atoms with Gasteiger partial charge in [0.2, 0.25) is 0 Å². The number of nitrogens with zero attached hydrogens (tertiary/aromatic N) is 3. The summed E-state index contributed by atoms with van der Waals surface area (Å²) in [4.78, 5) is 11.1. The predicted molar refractivity (Wildman–Crippen MR) is 107 cm³/mol. The van der Waals surface area contributed by atoms with Gasteiger partial charge in [-0.2, -0.15) is 0 Å². The summed E-state index contributed by atoms with van der Waals surface area (Å²) in [5, 5.41) is 11.0. The van der Waals surface area contributed by atoms with Gasteiger partial charge in [0, 0.05) is 24.0 Å². The van der Waals surface area contributed by atoms with Gasteiger partial charge >= 0.3 is 0 Å². The van der Waals surface area contributed by atoms with Gasteiger partial charge in [-0.25, -0.2) is 9.97 Å². The molecule has 1 aromatic heterocycles. The lowest BCUT2D eigenvalue weighted by atomic mass is 9.93. The first kappa shape index (κ1) is 18.2. The van der Waals surface area contributed by atoms with Crippen molar-refractivity contribution in [1.82, 2.24) is 9.97 Å². The van der Waals surface area contributed by atoms with Gasteiger partial charge in [-0.3, -0.25) is 0 Å². The summed E-state index contributed by atoms with van der Waals surface area (Å²) in [5.41, 5.74) is 3.13. The lowest BCUT2D eigenvalue weighted by molar-refractivity contribution is 0.353. The van der Waals surface area contributed by atoms with Crippen LogP contribution in [0.2, 0.25) is 0 Å². The highest BCUT2D eigenvalue weighted by Crippen LogP contribution is 2.39. The Labute approximate surface area is 163 Å². The average molecular weight is 381 g/mol. The Balaban J connectivity index is 1.79. The predicted octanol–water partition coefficient (Wildman–Crippen LogP) is 3.31. The minimum Gasteiger partial charge on any atom is -0.504 e. The van der Waals surface area contributed by atoms with E-state index < -0.39 is 0 Å². The molecule has 0 aliphatic carbocycles. The Kier molecular flexibility index (Phi) is 4.58. The summed E-state index contributed by atoms with van der Waals surface area (Å²) < 4.78 is 16.1. The second kappa shape index (κ2) is 7.07. The molecule has 7 heteroatoms. The molecule has 2 heterocycles. The topological polar surface area (TPSA) is 76.9 Å².